The molecule has 4 aromatic rings. The summed E-state index contributed by atoms with van der Waals surface area (Å²) >= 11 is 5.92. The van der Waals surface area contributed by atoms with E-state index >= 15 is 0 Å². The highest BCUT2D eigenvalue weighted by Gasteiger charge is 2.42. The first-order valence-electron chi connectivity index (χ1n) is 11.6. The number of pyridine rings is 2. The van der Waals surface area contributed by atoms with E-state index < -0.39 is 0 Å². The Bertz CT molecular complexity index is 1310. The fourth-order valence-corrected chi connectivity index (χ4v) is 5.43. The van der Waals surface area contributed by atoms with Gasteiger partial charge in [-0.15, -0.1) is 0 Å². The van der Waals surface area contributed by atoms with E-state index in [0.717, 1.165) is 23.0 Å². The number of thiocarbonyl (C=S) groups is 1. The molecule has 5 rings (SSSR count). The first-order chi connectivity index (χ1) is 16.4. The second kappa shape index (κ2) is 9.03. The van der Waals surface area contributed by atoms with Crippen LogP contribution in [0.4, 0.5) is 5.69 Å². The lowest BCUT2D eigenvalue weighted by atomic mass is 9.96. The molecule has 0 bridgehead atoms. The van der Waals surface area contributed by atoms with Crippen molar-refractivity contribution in [2.24, 2.45) is 0 Å². The Labute approximate surface area is 206 Å². The van der Waals surface area contributed by atoms with Crippen LogP contribution < -0.4 is 10.2 Å². The Morgan fingerprint density at radius 2 is 1.74 bits per heavy atom. The Balaban J connectivity index is 1.64. The van der Waals surface area contributed by atoms with Gasteiger partial charge in [0.25, 0.3) is 0 Å². The summed E-state index contributed by atoms with van der Waals surface area (Å²) in [4.78, 5) is 11.3. The number of nitrogens with zero attached hydrogens (tertiary/aromatic N) is 4. The molecular formula is C28H29N5S. The first-order valence-corrected chi connectivity index (χ1v) is 12.0. The minimum Gasteiger partial charge on any atom is -0.351 e. The van der Waals surface area contributed by atoms with E-state index in [1.54, 1.807) is 0 Å². The molecule has 34 heavy (non-hydrogen) atoms. The molecule has 1 aliphatic rings. The average molecular weight is 468 g/mol. The molecule has 1 saturated heterocycles. The highest BCUT2D eigenvalue weighted by atomic mass is 32.1. The van der Waals surface area contributed by atoms with Crippen LogP contribution in [0.5, 0.6) is 0 Å². The Morgan fingerprint density at radius 1 is 0.941 bits per heavy atom. The molecule has 4 heterocycles. The summed E-state index contributed by atoms with van der Waals surface area (Å²) in [7, 11) is 0. The summed E-state index contributed by atoms with van der Waals surface area (Å²) < 4.78 is 2.36. The van der Waals surface area contributed by atoms with Crippen LogP contribution in [0.2, 0.25) is 0 Å². The number of benzene rings is 1. The molecule has 2 atom stereocenters. The maximum Gasteiger partial charge on any atom is 0.174 e. The van der Waals surface area contributed by atoms with Gasteiger partial charge in [0.05, 0.1) is 17.8 Å². The summed E-state index contributed by atoms with van der Waals surface area (Å²) in [6.07, 6.45) is 5.60. The van der Waals surface area contributed by atoms with Gasteiger partial charge >= 0.3 is 0 Å². The van der Waals surface area contributed by atoms with Crippen molar-refractivity contribution in [1.29, 1.82) is 0 Å². The monoisotopic (exact) mass is 467 g/mol. The molecule has 1 N–H and O–H groups in total. The predicted molar refractivity (Wildman–Crippen MR) is 141 cm³/mol. The van der Waals surface area contributed by atoms with E-state index in [0.29, 0.717) is 0 Å². The third-order valence-electron chi connectivity index (χ3n) is 6.58. The van der Waals surface area contributed by atoms with Crippen LogP contribution in [0.3, 0.4) is 0 Å². The summed E-state index contributed by atoms with van der Waals surface area (Å²) in [5.41, 5.74) is 9.42. The Morgan fingerprint density at radius 3 is 2.41 bits per heavy atom. The topological polar surface area (TPSA) is 46.0 Å². The molecule has 0 radical (unpaired) electrons. The van der Waals surface area contributed by atoms with Crippen LogP contribution in [0.1, 0.15) is 51.4 Å². The smallest absolute Gasteiger partial charge is 0.174 e. The number of aryl methyl sites for hydroxylation is 3. The zero-order valence-electron chi connectivity index (χ0n) is 20.0. The van der Waals surface area contributed by atoms with E-state index in [1.165, 1.54) is 33.6 Å². The van der Waals surface area contributed by atoms with E-state index in [2.05, 4.69) is 83.9 Å². The number of nitrogens with one attached hydrogen (secondary N) is 1. The molecule has 0 spiro atoms. The van der Waals surface area contributed by atoms with Crippen molar-refractivity contribution in [3.05, 3.63) is 113 Å². The van der Waals surface area contributed by atoms with Gasteiger partial charge < -0.3 is 14.8 Å². The second-order valence-electron chi connectivity index (χ2n) is 9.12. The van der Waals surface area contributed by atoms with Gasteiger partial charge in [-0.2, -0.15) is 0 Å². The van der Waals surface area contributed by atoms with Gasteiger partial charge in [0.2, 0.25) is 0 Å². The van der Waals surface area contributed by atoms with Crippen molar-refractivity contribution in [3.63, 3.8) is 0 Å². The van der Waals surface area contributed by atoms with Crippen molar-refractivity contribution in [2.75, 3.05) is 4.90 Å². The fourth-order valence-electron chi connectivity index (χ4n) is 5.08. The molecule has 0 amide bonds. The first kappa shape index (κ1) is 22.3. The van der Waals surface area contributed by atoms with Crippen LogP contribution in [0.25, 0.3) is 0 Å². The van der Waals surface area contributed by atoms with Crippen LogP contribution in [-0.4, -0.2) is 19.6 Å². The fraction of sp³-hybridized carbons (Fsp3) is 0.250. The van der Waals surface area contributed by atoms with Crippen molar-refractivity contribution in [1.82, 2.24) is 19.9 Å². The largest absolute Gasteiger partial charge is 0.351 e. The number of anilines is 1. The number of aromatic nitrogens is 3. The molecule has 6 heteroatoms. The highest BCUT2D eigenvalue weighted by molar-refractivity contribution is 7.80. The summed E-state index contributed by atoms with van der Waals surface area (Å²) in [6.45, 7) is 9.43. The number of hydrogen-bond donors (Lipinski definition) is 1. The molecule has 1 fully saturated rings. The quantitative estimate of drug-likeness (QED) is 0.380. The maximum absolute atomic E-state index is 5.92. The van der Waals surface area contributed by atoms with Crippen LogP contribution in [0.15, 0.2) is 73.2 Å². The Hall–Kier alpha value is -3.51. The van der Waals surface area contributed by atoms with Crippen LogP contribution in [0, 0.1) is 27.7 Å². The van der Waals surface area contributed by atoms with Gasteiger partial charge in [0.15, 0.2) is 5.11 Å². The van der Waals surface area contributed by atoms with E-state index in [9.17, 15) is 0 Å². The molecule has 0 unspecified atom stereocenters. The SMILES string of the molecule is Cc1cc(C)cc(N2C(=S)N[C@@H](c3ccccn3)[C@@H]2c2cc(C)n(Cc3cccnc3)c2C)c1. The Kier molecular flexibility index (Phi) is 5.92. The average Bonchev–Trinajstić information content (AvgIpc) is 3.30. The van der Waals surface area contributed by atoms with Gasteiger partial charge in [-0.05, 0) is 98.6 Å². The van der Waals surface area contributed by atoms with Crippen molar-refractivity contribution in [3.8, 4) is 0 Å². The lowest BCUT2D eigenvalue weighted by Crippen LogP contribution is -2.29. The highest BCUT2D eigenvalue weighted by Crippen LogP contribution is 2.43. The lowest BCUT2D eigenvalue weighted by molar-refractivity contribution is 0.563. The zero-order chi connectivity index (χ0) is 23.8. The van der Waals surface area contributed by atoms with Gasteiger partial charge in [-0.25, -0.2) is 0 Å². The predicted octanol–water partition coefficient (Wildman–Crippen LogP) is 5.74. The van der Waals surface area contributed by atoms with Crippen molar-refractivity contribution >= 4 is 23.0 Å². The molecule has 5 nitrogen and oxygen atoms in total. The molecule has 1 aliphatic heterocycles. The third-order valence-corrected chi connectivity index (χ3v) is 6.89. The minimum atomic E-state index is -0.0538. The van der Waals surface area contributed by atoms with Gasteiger partial charge in [-0.1, -0.05) is 18.2 Å². The normalized spacial score (nSPS) is 17.8. The molecular weight excluding hydrogens is 438 g/mol. The van der Waals surface area contributed by atoms with E-state index in [4.69, 9.17) is 17.2 Å². The molecule has 1 aromatic carbocycles. The van der Waals surface area contributed by atoms with E-state index in [1.807, 2.05) is 36.8 Å². The number of rotatable bonds is 5. The van der Waals surface area contributed by atoms with Crippen molar-refractivity contribution in [2.45, 2.75) is 46.3 Å². The summed E-state index contributed by atoms with van der Waals surface area (Å²) in [5.74, 6) is 0. The van der Waals surface area contributed by atoms with Gasteiger partial charge in [0, 0.05) is 42.2 Å². The summed E-state index contributed by atoms with van der Waals surface area (Å²) in [6, 6.07) is 19.0. The van der Waals surface area contributed by atoms with Gasteiger partial charge in [-0.3, -0.25) is 9.97 Å². The third kappa shape index (κ3) is 4.10. The lowest BCUT2D eigenvalue weighted by Gasteiger charge is -2.29. The molecule has 0 saturated carbocycles. The minimum absolute atomic E-state index is 0.0163. The van der Waals surface area contributed by atoms with Crippen molar-refractivity contribution < 1.29 is 0 Å². The second-order valence-corrected chi connectivity index (χ2v) is 9.50. The standard InChI is InChI=1S/C28H29N5S/c1-18-12-19(2)14-23(13-18)33-27(26(31-28(33)34)25-9-5-6-11-30-25)24-15-20(3)32(21(24)4)17-22-8-7-10-29-16-22/h5-16,26-27H,17H2,1-4H3,(H,31,34)/t26-,27-/m0/s1. The molecule has 172 valence electrons. The summed E-state index contributed by atoms with van der Waals surface area (Å²) in [5, 5.41) is 4.31. The zero-order valence-corrected chi connectivity index (χ0v) is 20.8. The van der Waals surface area contributed by atoms with E-state index in [-0.39, 0.29) is 12.1 Å². The van der Waals surface area contributed by atoms with Crippen LogP contribution >= 0.6 is 12.2 Å². The molecule has 0 aliphatic carbocycles. The number of hydrogen-bond acceptors (Lipinski definition) is 3. The van der Waals surface area contributed by atoms with Gasteiger partial charge in [0.1, 0.15) is 0 Å². The van der Waals surface area contributed by atoms with Crippen LogP contribution in [-0.2, 0) is 6.54 Å². The maximum atomic E-state index is 5.92. The molecule has 3 aromatic heterocycles.